The van der Waals surface area contributed by atoms with Crippen LogP contribution in [0.4, 0.5) is 10.1 Å². The number of halogens is 1. The molecule has 2 N–H and O–H groups in total. The number of rotatable bonds is 2. The molecule has 1 aromatic heterocycles. The number of benzene rings is 1. The SMILES string of the molecule is CC(C)n1nnnc1-c1cc(F)ccc1N. The van der Waals surface area contributed by atoms with Crippen molar-refractivity contribution in [2.24, 2.45) is 0 Å². The summed E-state index contributed by atoms with van der Waals surface area (Å²) in [5.74, 6) is 0.120. The normalized spacial score (nSPS) is 11.0. The minimum absolute atomic E-state index is 0.0904. The fourth-order valence-electron chi connectivity index (χ4n) is 1.44. The molecule has 0 aliphatic carbocycles. The minimum atomic E-state index is -0.359. The van der Waals surface area contributed by atoms with Gasteiger partial charge in [0.05, 0.1) is 6.04 Å². The number of nitrogens with two attached hydrogens (primary N) is 1. The number of aromatic nitrogens is 4. The van der Waals surface area contributed by atoms with E-state index in [-0.39, 0.29) is 11.9 Å². The van der Waals surface area contributed by atoms with Gasteiger partial charge in [-0.1, -0.05) is 0 Å². The van der Waals surface area contributed by atoms with Crippen LogP contribution >= 0.6 is 0 Å². The van der Waals surface area contributed by atoms with Gasteiger partial charge in [0.1, 0.15) is 5.82 Å². The van der Waals surface area contributed by atoms with E-state index in [0.717, 1.165) is 0 Å². The van der Waals surface area contributed by atoms with Crippen LogP contribution < -0.4 is 5.73 Å². The summed E-state index contributed by atoms with van der Waals surface area (Å²) in [6, 6.07) is 4.24. The van der Waals surface area contributed by atoms with Gasteiger partial charge >= 0.3 is 0 Å². The van der Waals surface area contributed by atoms with Gasteiger partial charge in [0.2, 0.25) is 0 Å². The molecule has 0 amide bonds. The Bertz CT molecular complexity index is 506. The predicted octanol–water partition coefficient (Wildman–Crippen LogP) is 1.64. The molecule has 6 heteroatoms. The summed E-state index contributed by atoms with van der Waals surface area (Å²) in [5, 5.41) is 11.3. The van der Waals surface area contributed by atoms with Crippen LogP contribution in [0.25, 0.3) is 11.4 Å². The van der Waals surface area contributed by atoms with Crippen LogP contribution in [-0.4, -0.2) is 20.2 Å². The fourth-order valence-corrected chi connectivity index (χ4v) is 1.44. The van der Waals surface area contributed by atoms with E-state index >= 15 is 0 Å². The summed E-state index contributed by atoms with van der Waals surface area (Å²) in [6.45, 7) is 3.88. The van der Waals surface area contributed by atoms with Crippen LogP contribution in [0.2, 0.25) is 0 Å². The molecule has 2 rings (SSSR count). The summed E-state index contributed by atoms with van der Waals surface area (Å²) < 4.78 is 14.7. The van der Waals surface area contributed by atoms with Crippen LogP contribution in [0.5, 0.6) is 0 Å². The molecule has 0 atom stereocenters. The van der Waals surface area contributed by atoms with Gasteiger partial charge in [0.25, 0.3) is 0 Å². The lowest BCUT2D eigenvalue weighted by atomic mass is 10.1. The second-order valence-corrected chi connectivity index (χ2v) is 3.77. The second kappa shape index (κ2) is 3.88. The third-order valence-electron chi connectivity index (χ3n) is 2.24. The van der Waals surface area contributed by atoms with E-state index in [1.807, 2.05) is 13.8 Å². The molecule has 5 nitrogen and oxygen atoms in total. The van der Waals surface area contributed by atoms with E-state index in [1.165, 1.54) is 18.2 Å². The minimum Gasteiger partial charge on any atom is -0.398 e. The standard InChI is InChI=1S/C10H12FN5/c1-6(2)16-10(13-14-15-16)8-5-7(11)3-4-9(8)12/h3-6H,12H2,1-2H3. The van der Waals surface area contributed by atoms with Crippen LogP contribution in [0, 0.1) is 5.82 Å². The third-order valence-corrected chi connectivity index (χ3v) is 2.24. The molecule has 0 saturated heterocycles. The lowest BCUT2D eigenvalue weighted by molar-refractivity contribution is 0.519. The molecule has 0 radical (unpaired) electrons. The average Bonchev–Trinajstić information content (AvgIpc) is 2.70. The molecular formula is C10H12FN5. The zero-order valence-electron chi connectivity index (χ0n) is 9.05. The fraction of sp³-hybridized carbons (Fsp3) is 0.300. The van der Waals surface area contributed by atoms with Crippen molar-refractivity contribution in [2.75, 3.05) is 5.73 Å². The number of nitrogens with zero attached hydrogens (tertiary/aromatic N) is 4. The maximum atomic E-state index is 13.1. The number of hydrogen-bond donors (Lipinski definition) is 1. The summed E-state index contributed by atoms with van der Waals surface area (Å²) in [6.07, 6.45) is 0. The first-order valence-electron chi connectivity index (χ1n) is 4.93. The van der Waals surface area contributed by atoms with Crippen molar-refractivity contribution < 1.29 is 4.39 Å². The largest absolute Gasteiger partial charge is 0.398 e. The Morgan fingerprint density at radius 3 is 2.81 bits per heavy atom. The Labute approximate surface area is 92.1 Å². The van der Waals surface area contributed by atoms with Crippen LogP contribution in [0.15, 0.2) is 18.2 Å². The third kappa shape index (κ3) is 1.73. The van der Waals surface area contributed by atoms with Crippen LogP contribution in [-0.2, 0) is 0 Å². The van der Waals surface area contributed by atoms with Gasteiger partial charge in [-0.25, -0.2) is 9.07 Å². The lowest BCUT2D eigenvalue weighted by Gasteiger charge is -2.09. The van der Waals surface area contributed by atoms with Crippen molar-refractivity contribution >= 4 is 5.69 Å². The van der Waals surface area contributed by atoms with Gasteiger partial charge in [-0.15, -0.1) is 5.10 Å². The first kappa shape index (κ1) is 10.5. The highest BCUT2D eigenvalue weighted by atomic mass is 19.1. The molecule has 0 spiro atoms. The van der Waals surface area contributed by atoms with Gasteiger partial charge in [-0.3, -0.25) is 0 Å². The highest BCUT2D eigenvalue weighted by Crippen LogP contribution is 2.25. The Morgan fingerprint density at radius 1 is 1.38 bits per heavy atom. The Morgan fingerprint density at radius 2 is 2.12 bits per heavy atom. The first-order chi connectivity index (χ1) is 7.59. The van der Waals surface area contributed by atoms with Gasteiger partial charge in [-0.2, -0.15) is 0 Å². The van der Waals surface area contributed by atoms with Crippen molar-refractivity contribution in [3.8, 4) is 11.4 Å². The smallest absolute Gasteiger partial charge is 0.184 e. The molecule has 0 fully saturated rings. The Hall–Kier alpha value is -1.98. The van der Waals surface area contributed by atoms with Gasteiger partial charge in [0, 0.05) is 11.3 Å². The van der Waals surface area contributed by atoms with Gasteiger partial charge < -0.3 is 5.73 Å². The predicted molar refractivity (Wildman–Crippen MR) is 58.0 cm³/mol. The van der Waals surface area contributed by atoms with E-state index < -0.39 is 0 Å². The van der Waals surface area contributed by atoms with E-state index in [1.54, 1.807) is 4.68 Å². The summed E-state index contributed by atoms with van der Waals surface area (Å²) >= 11 is 0. The lowest BCUT2D eigenvalue weighted by Crippen LogP contribution is -2.06. The molecule has 0 aliphatic rings. The molecule has 16 heavy (non-hydrogen) atoms. The van der Waals surface area contributed by atoms with Gasteiger partial charge in [0.15, 0.2) is 5.82 Å². The van der Waals surface area contributed by atoms with E-state index in [9.17, 15) is 4.39 Å². The number of hydrogen-bond acceptors (Lipinski definition) is 4. The molecule has 0 bridgehead atoms. The molecule has 0 aliphatic heterocycles. The second-order valence-electron chi connectivity index (χ2n) is 3.77. The van der Waals surface area contributed by atoms with Crippen molar-refractivity contribution in [1.29, 1.82) is 0 Å². The Balaban J connectivity index is 2.58. The van der Waals surface area contributed by atoms with E-state index in [0.29, 0.717) is 17.1 Å². The van der Waals surface area contributed by atoms with Gasteiger partial charge in [-0.05, 0) is 42.5 Å². The molecule has 1 heterocycles. The van der Waals surface area contributed by atoms with Crippen molar-refractivity contribution in [3.05, 3.63) is 24.0 Å². The number of tetrazole rings is 1. The molecule has 84 valence electrons. The quantitative estimate of drug-likeness (QED) is 0.783. The van der Waals surface area contributed by atoms with Crippen molar-refractivity contribution in [3.63, 3.8) is 0 Å². The van der Waals surface area contributed by atoms with Crippen LogP contribution in [0.1, 0.15) is 19.9 Å². The summed E-state index contributed by atoms with van der Waals surface area (Å²) in [4.78, 5) is 0. The monoisotopic (exact) mass is 221 g/mol. The van der Waals surface area contributed by atoms with E-state index in [2.05, 4.69) is 15.5 Å². The van der Waals surface area contributed by atoms with Crippen molar-refractivity contribution in [1.82, 2.24) is 20.2 Å². The zero-order valence-corrected chi connectivity index (χ0v) is 9.05. The van der Waals surface area contributed by atoms with Crippen molar-refractivity contribution in [2.45, 2.75) is 19.9 Å². The molecule has 1 aromatic carbocycles. The molecule has 0 unspecified atom stereocenters. The number of anilines is 1. The Kier molecular flexibility index (Phi) is 2.55. The molecule has 2 aromatic rings. The van der Waals surface area contributed by atoms with Crippen LogP contribution in [0.3, 0.4) is 0 Å². The maximum Gasteiger partial charge on any atom is 0.184 e. The zero-order chi connectivity index (χ0) is 11.7. The highest BCUT2D eigenvalue weighted by Gasteiger charge is 2.14. The first-order valence-corrected chi connectivity index (χ1v) is 4.93. The molecular weight excluding hydrogens is 209 g/mol. The topological polar surface area (TPSA) is 69.6 Å². The maximum absolute atomic E-state index is 13.1. The van der Waals surface area contributed by atoms with E-state index in [4.69, 9.17) is 5.73 Å². The summed E-state index contributed by atoms with van der Waals surface area (Å²) in [7, 11) is 0. The highest BCUT2D eigenvalue weighted by molar-refractivity contribution is 5.71. The molecule has 0 saturated carbocycles. The summed E-state index contributed by atoms with van der Waals surface area (Å²) in [5.41, 5.74) is 6.74. The number of nitrogen functional groups attached to an aromatic ring is 1. The average molecular weight is 221 g/mol.